The van der Waals surface area contributed by atoms with Crippen LogP contribution in [0.15, 0.2) is 261 Å². The Kier molecular flexibility index (Phi) is 27.7. The number of ether oxygens (including phenoxy) is 3. The maximum Gasteiger partial charge on any atom is 0.495 e. The van der Waals surface area contributed by atoms with Crippen molar-refractivity contribution in [3.8, 4) is 17.2 Å². The minimum atomic E-state index is -3.98. The van der Waals surface area contributed by atoms with Crippen molar-refractivity contribution in [1.29, 1.82) is 0 Å². The lowest BCUT2D eigenvalue weighted by molar-refractivity contribution is 0.00578. The van der Waals surface area contributed by atoms with Crippen molar-refractivity contribution in [1.82, 2.24) is 29.9 Å². The molecule has 9 aromatic carbocycles. The average Bonchev–Trinajstić information content (AvgIpc) is 1.68. The Bertz CT molecular complexity index is 5720. The number of hydrogen-bond acceptors (Lipinski definition) is 22. The zero-order valence-electron chi connectivity index (χ0n) is 67.4. The number of rotatable bonds is 19. The molecule has 6 heterocycles. The van der Waals surface area contributed by atoms with E-state index in [2.05, 4.69) is 67.1 Å². The first-order chi connectivity index (χ1) is 55.2. The van der Waals surface area contributed by atoms with Gasteiger partial charge in [0.1, 0.15) is 53.7 Å². The number of methoxy groups -OCH3 is 3. The highest BCUT2D eigenvalue weighted by molar-refractivity contribution is 9.11. The fourth-order valence-corrected chi connectivity index (χ4v) is 16.9. The number of fused-ring (bicyclic) bond motifs is 3. The predicted octanol–water partition coefficient (Wildman–Crippen LogP) is 17.0. The van der Waals surface area contributed by atoms with E-state index in [9.17, 15) is 25.3 Å². The van der Waals surface area contributed by atoms with Crippen LogP contribution in [-0.2, 0) is 76.7 Å². The van der Waals surface area contributed by atoms with Gasteiger partial charge in [-0.2, -0.15) is 0 Å². The summed E-state index contributed by atoms with van der Waals surface area (Å²) in [6.07, 6.45) is 8.96. The van der Waals surface area contributed by atoms with Crippen LogP contribution in [0.25, 0.3) is 32.3 Å². The van der Waals surface area contributed by atoms with Crippen LogP contribution in [0.3, 0.4) is 0 Å². The molecule has 3 fully saturated rings. The van der Waals surface area contributed by atoms with Crippen LogP contribution in [0, 0.1) is 0 Å². The second-order valence-corrected chi connectivity index (χ2v) is 38.4. The van der Waals surface area contributed by atoms with E-state index in [0.717, 1.165) is 76.0 Å². The predicted molar refractivity (Wildman–Crippen MR) is 467 cm³/mol. The van der Waals surface area contributed by atoms with Crippen LogP contribution in [0.1, 0.15) is 99.8 Å². The smallest absolute Gasteiger partial charge is 0.495 e. The van der Waals surface area contributed by atoms with Crippen molar-refractivity contribution in [3.05, 3.63) is 263 Å². The summed E-state index contributed by atoms with van der Waals surface area (Å²) in [7, 11) is -2.92. The van der Waals surface area contributed by atoms with E-state index >= 15 is 0 Å². The van der Waals surface area contributed by atoms with E-state index in [1.807, 2.05) is 198 Å². The molecule has 610 valence electrons. The van der Waals surface area contributed by atoms with Crippen molar-refractivity contribution in [3.63, 3.8) is 0 Å². The van der Waals surface area contributed by atoms with Gasteiger partial charge in [0, 0.05) is 56.9 Å². The lowest BCUT2D eigenvalue weighted by atomic mass is 9.49. The Morgan fingerprint density at radius 1 is 0.402 bits per heavy atom. The number of halogens is 3. The van der Waals surface area contributed by atoms with Crippen molar-refractivity contribution in [2.24, 2.45) is 0 Å². The largest absolute Gasteiger partial charge is 0.497 e. The number of anilines is 3. The van der Waals surface area contributed by atoms with Gasteiger partial charge < -0.3 is 47.5 Å². The zero-order valence-corrected chi connectivity index (χ0v) is 73.8. The standard InChI is InChI=1S/C28H30BN3O5S.C22H18BrN3O3S.C12H24B2O4.C12H13N3O.C10H6BrClO2S/c1-27(2)28(3,4)37-29(36-27)25-8-6-7-21-17-23(13-14-24(21)25)38(33,34)32(26-15-16-30-19-31-26)18-20-9-11-22(35-5)12-10-20;1-29-18-7-5-16(6-8-18)14-26(22-11-12-24-15-25-22)30(27,28)19-9-10-20-17(13-19)3-2-4-21(20)23;1-9(2)10(3,4)16-13(15-9)14-17-11(5,6)12(7,8)18-14;1-16-11-4-2-10(3-5-11)8-14-12-6-7-13-9-15-12;11-10-3-1-2-7-6-8(15(12,13)14)4-5-9(7)10/h6-17,19H,18H2,1-5H3;2-13,15H,14H2,1H3;1-8H3;2-7,9H,8H2,1H3,(H,13,14,15);1-6H. The molecular weight excluding hydrogens is 1700 g/mol. The normalized spacial score (nSPS) is 16.1. The highest BCUT2D eigenvalue weighted by Crippen LogP contribution is 2.44. The van der Waals surface area contributed by atoms with Gasteiger partial charge in [0.15, 0.2) is 0 Å². The van der Waals surface area contributed by atoms with Gasteiger partial charge in [-0.25, -0.2) is 63.8 Å². The maximum atomic E-state index is 14.0. The Labute approximate surface area is 706 Å². The average molecular weight is 1790 g/mol. The second-order valence-electron chi connectivity index (χ2n) is 30.4. The van der Waals surface area contributed by atoms with Crippen molar-refractivity contribution >= 4 is 148 Å². The fourth-order valence-electron chi connectivity index (χ4n) is 12.2. The molecule has 0 amide bonds. The van der Waals surface area contributed by atoms with Gasteiger partial charge in [0.25, 0.3) is 29.1 Å². The fraction of sp³-hybridized carbons (Fsp3) is 0.286. The van der Waals surface area contributed by atoms with Crippen LogP contribution < -0.4 is 33.6 Å². The van der Waals surface area contributed by atoms with Gasteiger partial charge >= 0.3 is 21.1 Å². The molecule has 33 heteroatoms. The monoisotopic (exact) mass is 1790 g/mol. The topological polar surface area (TPSA) is 281 Å². The third-order valence-corrected chi connectivity index (χ3v) is 27.3. The van der Waals surface area contributed by atoms with Gasteiger partial charge in [-0.05, 0) is 229 Å². The van der Waals surface area contributed by atoms with Crippen LogP contribution in [0.4, 0.5) is 17.5 Å². The molecule has 0 spiro atoms. The Morgan fingerprint density at radius 2 is 0.744 bits per heavy atom. The van der Waals surface area contributed by atoms with Crippen molar-refractivity contribution in [2.75, 3.05) is 35.3 Å². The second kappa shape index (κ2) is 36.6. The molecule has 0 unspecified atom stereocenters. The molecule has 0 aliphatic carbocycles. The summed E-state index contributed by atoms with van der Waals surface area (Å²) < 4.78 is 134. The molecule has 3 aliphatic rings. The van der Waals surface area contributed by atoms with Gasteiger partial charge in [0.05, 0.1) is 82.7 Å². The van der Waals surface area contributed by atoms with Gasteiger partial charge in [-0.1, -0.05) is 129 Å². The quantitative estimate of drug-likeness (QED) is 0.0581. The summed E-state index contributed by atoms with van der Waals surface area (Å²) in [5.74, 6) is 3.67. The molecule has 3 aliphatic heterocycles. The highest BCUT2D eigenvalue weighted by atomic mass is 79.9. The molecule has 15 rings (SSSR count). The molecule has 117 heavy (non-hydrogen) atoms. The zero-order chi connectivity index (χ0) is 84.5. The third kappa shape index (κ3) is 21.1. The van der Waals surface area contributed by atoms with Gasteiger partial charge in [0.2, 0.25) is 0 Å². The summed E-state index contributed by atoms with van der Waals surface area (Å²) >= 11 is 6.90. The summed E-state index contributed by atoms with van der Waals surface area (Å²) in [5, 5.41) is 8.42. The van der Waals surface area contributed by atoms with Crippen molar-refractivity contribution < 1.29 is 67.4 Å². The molecule has 24 nitrogen and oxygen atoms in total. The van der Waals surface area contributed by atoms with Crippen molar-refractivity contribution in [2.45, 2.75) is 151 Å². The molecule has 3 aromatic heterocycles. The van der Waals surface area contributed by atoms with Crippen LogP contribution in [0.5, 0.6) is 17.2 Å². The number of aromatic nitrogens is 6. The first-order valence-electron chi connectivity index (χ1n) is 37.1. The van der Waals surface area contributed by atoms with E-state index in [0.29, 0.717) is 17.3 Å². The van der Waals surface area contributed by atoms with Gasteiger partial charge in [-0.15, -0.1) is 0 Å². The first-order valence-corrected chi connectivity index (χ1v) is 43.9. The summed E-state index contributed by atoms with van der Waals surface area (Å²) in [6, 6.07) is 59.5. The van der Waals surface area contributed by atoms with E-state index < -0.39 is 61.4 Å². The number of nitrogens with one attached hydrogen (secondary N) is 1. The Balaban J connectivity index is 0.000000151. The summed E-state index contributed by atoms with van der Waals surface area (Å²) in [5.41, 5.74) is 1.23. The molecule has 0 saturated carbocycles. The summed E-state index contributed by atoms with van der Waals surface area (Å²) in [4.78, 5) is 24.7. The molecule has 3 saturated heterocycles. The number of nitrogens with zero attached hydrogens (tertiary/aromatic N) is 8. The Hall–Kier alpha value is -9.15. The van der Waals surface area contributed by atoms with Gasteiger partial charge in [-0.3, -0.25) is 0 Å². The van der Waals surface area contributed by atoms with E-state index in [4.69, 9.17) is 52.8 Å². The molecular formula is C84H91B3Br2ClN9O15S3. The van der Waals surface area contributed by atoms with E-state index in [-0.39, 0.29) is 56.0 Å². The number of hydrogen-bond donors (Lipinski definition) is 1. The first kappa shape index (κ1) is 88.7. The lowest BCUT2D eigenvalue weighted by Gasteiger charge is -2.32. The number of sulfonamides is 2. The molecule has 0 atom stereocenters. The SMILES string of the molecule is CC1(C)OB(B2OC(C)(C)C(C)(C)O2)OC1(C)C.COc1ccc(CN(c2ccncn2)S(=O)(=O)c2ccc3c(B4OC(C)(C)C(C)(C)O4)cccc3c2)cc1.COc1ccc(CN(c2ccncn2)S(=O)(=O)c2ccc3c(Br)cccc3c2)cc1.COc1ccc(CNc2ccncn2)cc1.O=S(=O)(Cl)c1ccc2c(Br)cccc2c1. The minimum Gasteiger partial charge on any atom is -0.497 e. The lowest BCUT2D eigenvalue weighted by Crippen LogP contribution is -2.41. The number of benzene rings is 9. The third-order valence-electron chi connectivity index (χ3n) is 21.0. The van der Waals surface area contributed by atoms with E-state index in [1.54, 1.807) is 106 Å². The Morgan fingerprint density at radius 3 is 1.11 bits per heavy atom. The molecule has 1 N–H and O–H groups in total. The van der Waals surface area contributed by atoms with Crippen LogP contribution in [-0.4, -0.2) is 131 Å². The maximum absolute atomic E-state index is 14.0. The van der Waals surface area contributed by atoms with Crippen LogP contribution in [0.2, 0.25) is 0 Å². The molecule has 0 bridgehead atoms. The highest BCUT2D eigenvalue weighted by Gasteiger charge is 2.64. The van der Waals surface area contributed by atoms with Crippen LogP contribution >= 0.6 is 42.5 Å². The van der Waals surface area contributed by atoms with E-state index in [1.165, 1.54) is 51.6 Å². The minimum absolute atomic E-state index is 0.0926. The summed E-state index contributed by atoms with van der Waals surface area (Å²) in [6.45, 7) is 25.2. The molecule has 0 radical (unpaired) electrons. The molecule has 12 aromatic rings.